The van der Waals surface area contributed by atoms with Crippen molar-refractivity contribution in [2.75, 3.05) is 16.4 Å². The van der Waals surface area contributed by atoms with E-state index in [1.54, 1.807) is 30.3 Å². The minimum Gasteiger partial charge on any atom is -0.325 e. The highest BCUT2D eigenvalue weighted by Crippen LogP contribution is 2.23. The highest BCUT2D eigenvalue weighted by molar-refractivity contribution is 8.00. The maximum absolute atomic E-state index is 12.3. The molecule has 0 aromatic heterocycles. The van der Waals surface area contributed by atoms with Gasteiger partial charge in [0.25, 0.3) is 11.6 Å². The molecular weight excluding hydrogens is 402 g/mol. The first kappa shape index (κ1) is 21.1. The molecule has 0 spiro atoms. The summed E-state index contributed by atoms with van der Waals surface area (Å²) in [6, 6.07) is 20.2. The van der Waals surface area contributed by atoms with Crippen LogP contribution in [0.3, 0.4) is 0 Å². The number of thioether (sulfide) groups is 1. The standard InChI is InChI=1S/C22H19N3O4S/c1-15-5-7-16(8-6-15)22(27)24-18-3-2-4-20(13-18)30-14-21(26)23-17-9-11-19(12-10-17)25(28)29/h2-13H,14H2,1H3,(H,23,26)(H,24,27). The molecule has 3 aromatic carbocycles. The van der Waals surface area contributed by atoms with Crippen LogP contribution in [-0.2, 0) is 4.79 Å². The van der Waals surface area contributed by atoms with Gasteiger partial charge in [-0.15, -0.1) is 11.8 Å². The van der Waals surface area contributed by atoms with Gasteiger partial charge in [0.05, 0.1) is 10.7 Å². The highest BCUT2D eigenvalue weighted by atomic mass is 32.2. The number of amides is 2. The molecule has 0 heterocycles. The fourth-order valence-corrected chi connectivity index (χ4v) is 3.34. The Kier molecular flexibility index (Phi) is 6.82. The van der Waals surface area contributed by atoms with Gasteiger partial charge < -0.3 is 10.6 Å². The van der Waals surface area contributed by atoms with E-state index in [2.05, 4.69) is 10.6 Å². The summed E-state index contributed by atoms with van der Waals surface area (Å²) in [7, 11) is 0. The molecular formula is C22H19N3O4S. The number of nitro groups is 1. The Hall–Kier alpha value is -3.65. The monoisotopic (exact) mass is 421 g/mol. The van der Waals surface area contributed by atoms with Gasteiger partial charge in [-0.05, 0) is 49.4 Å². The van der Waals surface area contributed by atoms with Crippen LogP contribution >= 0.6 is 11.8 Å². The lowest BCUT2D eigenvalue weighted by Gasteiger charge is -2.08. The van der Waals surface area contributed by atoms with Crippen molar-refractivity contribution >= 4 is 40.6 Å². The number of carbonyl (C=O) groups excluding carboxylic acids is 2. The number of nitrogens with zero attached hydrogens (tertiary/aromatic N) is 1. The van der Waals surface area contributed by atoms with E-state index >= 15 is 0 Å². The zero-order valence-electron chi connectivity index (χ0n) is 16.1. The van der Waals surface area contributed by atoms with Crippen molar-refractivity contribution in [3.05, 3.63) is 94.0 Å². The maximum Gasteiger partial charge on any atom is 0.269 e. The molecule has 3 rings (SSSR count). The Labute approximate surface area is 177 Å². The molecule has 2 N–H and O–H groups in total. The zero-order chi connectivity index (χ0) is 21.5. The third-order valence-electron chi connectivity index (χ3n) is 4.14. The van der Waals surface area contributed by atoms with E-state index in [9.17, 15) is 19.7 Å². The van der Waals surface area contributed by atoms with Gasteiger partial charge >= 0.3 is 0 Å². The van der Waals surface area contributed by atoms with E-state index in [-0.39, 0.29) is 23.3 Å². The summed E-state index contributed by atoms with van der Waals surface area (Å²) in [5.74, 6) is -0.275. The van der Waals surface area contributed by atoms with Gasteiger partial charge in [-0.1, -0.05) is 23.8 Å². The van der Waals surface area contributed by atoms with Crippen molar-refractivity contribution in [2.45, 2.75) is 11.8 Å². The van der Waals surface area contributed by atoms with Crippen LogP contribution in [0.15, 0.2) is 77.7 Å². The normalized spacial score (nSPS) is 10.3. The van der Waals surface area contributed by atoms with Crippen LogP contribution < -0.4 is 10.6 Å². The van der Waals surface area contributed by atoms with Gasteiger partial charge in [0.2, 0.25) is 5.91 Å². The lowest BCUT2D eigenvalue weighted by Crippen LogP contribution is -2.14. The van der Waals surface area contributed by atoms with Crippen molar-refractivity contribution in [1.82, 2.24) is 0 Å². The van der Waals surface area contributed by atoms with Gasteiger partial charge in [-0.2, -0.15) is 0 Å². The second-order valence-corrected chi connectivity index (χ2v) is 7.54. The van der Waals surface area contributed by atoms with E-state index in [0.29, 0.717) is 16.9 Å². The molecule has 8 heteroatoms. The van der Waals surface area contributed by atoms with E-state index < -0.39 is 4.92 Å². The minimum atomic E-state index is -0.494. The second kappa shape index (κ2) is 9.71. The van der Waals surface area contributed by atoms with Gasteiger partial charge in [0.15, 0.2) is 0 Å². The summed E-state index contributed by atoms with van der Waals surface area (Å²) in [5.41, 5.74) is 2.75. The fraction of sp³-hybridized carbons (Fsp3) is 0.0909. The predicted octanol–water partition coefficient (Wildman–Crippen LogP) is 4.89. The fourth-order valence-electron chi connectivity index (χ4n) is 2.58. The molecule has 152 valence electrons. The number of non-ortho nitro benzene ring substituents is 1. The number of hydrogen-bond acceptors (Lipinski definition) is 5. The number of rotatable bonds is 7. The van der Waals surface area contributed by atoms with Crippen LogP contribution in [0.2, 0.25) is 0 Å². The molecule has 2 amide bonds. The van der Waals surface area contributed by atoms with Crippen molar-refractivity contribution in [3.8, 4) is 0 Å². The summed E-state index contributed by atoms with van der Waals surface area (Å²) in [5, 5.41) is 16.2. The number of anilines is 2. The van der Waals surface area contributed by atoms with Crippen molar-refractivity contribution in [3.63, 3.8) is 0 Å². The number of carbonyl (C=O) groups is 2. The average Bonchev–Trinajstić information content (AvgIpc) is 2.73. The van der Waals surface area contributed by atoms with Crippen LogP contribution in [0.25, 0.3) is 0 Å². The molecule has 3 aromatic rings. The molecule has 0 saturated carbocycles. The van der Waals surface area contributed by atoms with Crippen LogP contribution in [-0.4, -0.2) is 22.5 Å². The summed E-state index contributed by atoms with van der Waals surface area (Å²) in [6.45, 7) is 1.96. The smallest absolute Gasteiger partial charge is 0.269 e. The summed E-state index contributed by atoms with van der Waals surface area (Å²) in [4.78, 5) is 35.5. The summed E-state index contributed by atoms with van der Waals surface area (Å²) >= 11 is 1.32. The number of nitrogens with one attached hydrogen (secondary N) is 2. The van der Waals surface area contributed by atoms with Crippen molar-refractivity contribution in [1.29, 1.82) is 0 Å². The molecule has 0 atom stereocenters. The minimum absolute atomic E-state index is 0.0353. The Morgan fingerprint density at radius 2 is 1.63 bits per heavy atom. The molecule has 0 saturated heterocycles. The first-order valence-electron chi connectivity index (χ1n) is 9.06. The lowest BCUT2D eigenvalue weighted by molar-refractivity contribution is -0.384. The number of aryl methyl sites for hydroxylation is 1. The summed E-state index contributed by atoms with van der Waals surface area (Å²) in [6.07, 6.45) is 0. The predicted molar refractivity (Wildman–Crippen MR) is 118 cm³/mol. The van der Waals surface area contributed by atoms with Crippen LogP contribution in [0, 0.1) is 17.0 Å². The molecule has 0 bridgehead atoms. The van der Waals surface area contributed by atoms with Gasteiger partial charge in [-0.3, -0.25) is 19.7 Å². The molecule has 7 nitrogen and oxygen atoms in total. The first-order chi connectivity index (χ1) is 14.4. The Bertz CT molecular complexity index is 1070. The quantitative estimate of drug-likeness (QED) is 0.321. The SMILES string of the molecule is Cc1ccc(C(=O)Nc2cccc(SCC(=O)Nc3ccc([N+](=O)[O-])cc3)c2)cc1. The number of hydrogen-bond donors (Lipinski definition) is 2. The van der Waals surface area contributed by atoms with Crippen LogP contribution in [0.1, 0.15) is 15.9 Å². The highest BCUT2D eigenvalue weighted by Gasteiger charge is 2.09. The lowest BCUT2D eigenvalue weighted by atomic mass is 10.1. The van der Waals surface area contributed by atoms with E-state index in [0.717, 1.165) is 10.5 Å². The van der Waals surface area contributed by atoms with Gasteiger partial charge in [0, 0.05) is 34.0 Å². The maximum atomic E-state index is 12.3. The largest absolute Gasteiger partial charge is 0.325 e. The molecule has 0 unspecified atom stereocenters. The molecule has 30 heavy (non-hydrogen) atoms. The molecule has 0 fully saturated rings. The van der Waals surface area contributed by atoms with E-state index in [4.69, 9.17) is 0 Å². The molecule has 0 aliphatic heterocycles. The zero-order valence-corrected chi connectivity index (χ0v) is 16.9. The van der Waals surface area contributed by atoms with E-state index in [1.807, 2.05) is 25.1 Å². The summed E-state index contributed by atoms with van der Waals surface area (Å²) < 4.78 is 0. The van der Waals surface area contributed by atoms with Crippen molar-refractivity contribution < 1.29 is 14.5 Å². The Morgan fingerprint density at radius 1 is 0.933 bits per heavy atom. The Balaban J connectivity index is 1.54. The molecule has 0 aliphatic carbocycles. The third-order valence-corrected chi connectivity index (χ3v) is 5.13. The number of nitro benzene ring substituents is 1. The Morgan fingerprint density at radius 3 is 2.30 bits per heavy atom. The number of benzene rings is 3. The van der Waals surface area contributed by atoms with Gasteiger partial charge in [-0.25, -0.2) is 0 Å². The topological polar surface area (TPSA) is 101 Å². The molecule has 0 radical (unpaired) electrons. The average molecular weight is 421 g/mol. The van der Waals surface area contributed by atoms with Gasteiger partial charge in [0.1, 0.15) is 0 Å². The van der Waals surface area contributed by atoms with E-state index in [1.165, 1.54) is 36.0 Å². The van der Waals surface area contributed by atoms with Crippen LogP contribution in [0.4, 0.5) is 17.1 Å². The van der Waals surface area contributed by atoms with Crippen molar-refractivity contribution in [2.24, 2.45) is 0 Å². The second-order valence-electron chi connectivity index (χ2n) is 6.49. The molecule has 0 aliphatic rings. The first-order valence-corrected chi connectivity index (χ1v) is 10.0. The van der Waals surface area contributed by atoms with Crippen LogP contribution in [0.5, 0.6) is 0 Å². The third kappa shape index (κ3) is 5.92.